The molecular weight excluding hydrogens is 404 g/mol. The Morgan fingerprint density at radius 2 is 1.75 bits per heavy atom. The summed E-state index contributed by atoms with van der Waals surface area (Å²) >= 11 is 0. The Kier molecular flexibility index (Phi) is 7.86. The van der Waals surface area contributed by atoms with Crippen molar-refractivity contribution in [3.63, 3.8) is 0 Å². The van der Waals surface area contributed by atoms with Gasteiger partial charge in [0.15, 0.2) is 11.5 Å². The number of nitrogens with one attached hydrogen (secondary N) is 1. The van der Waals surface area contributed by atoms with Crippen molar-refractivity contribution in [3.05, 3.63) is 102 Å². The van der Waals surface area contributed by atoms with Gasteiger partial charge in [0.25, 0.3) is 5.91 Å². The van der Waals surface area contributed by atoms with Gasteiger partial charge < -0.3 is 9.47 Å². The van der Waals surface area contributed by atoms with Gasteiger partial charge in [-0.2, -0.15) is 0 Å². The van der Waals surface area contributed by atoms with Crippen molar-refractivity contribution in [2.75, 3.05) is 13.7 Å². The Bertz CT molecular complexity index is 1120. The summed E-state index contributed by atoms with van der Waals surface area (Å²) in [6.45, 7) is 5.99. The van der Waals surface area contributed by atoms with Crippen LogP contribution in [0, 0.1) is 6.92 Å². The molecular formula is C25H24N4O3. The van der Waals surface area contributed by atoms with Crippen LogP contribution in [0.1, 0.15) is 21.5 Å². The van der Waals surface area contributed by atoms with Gasteiger partial charge in [0.2, 0.25) is 5.84 Å². The maximum atomic E-state index is 12.4. The highest BCUT2D eigenvalue weighted by molar-refractivity contribution is 6.01. The molecule has 0 saturated carbocycles. The fourth-order valence-electron chi connectivity index (χ4n) is 2.69. The lowest BCUT2D eigenvalue weighted by atomic mass is 10.2. The zero-order valence-corrected chi connectivity index (χ0v) is 18.0. The van der Waals surface area contributed by atoms with E-state index in [4.69, 9.17) is 9.47 Å². The summed E-state index contributed by atoms with van der Waals surface area (Å²) in [4.78, 5) is 12.4. The van der Waals surface area contributed by atoms with E-state index in [0.29, 0.717) is 34.9 Å². The second kappa shape index (κ2) is 11.2. The van der Waals surface area contributed by atoms with E-state index in [0.717, 1.165) is 5.56 Å². The third kappa shape index (κ3) is 6.12. The van der Waals surface area contributed by atoms with Crippen molar-refractivity contribution in [1.29, 1.82) is 0 Å². The molecule has 0 aromatic heterocycles. The van der Waals surface area contributed by atoms with Gasteiger partial charge in [0.05, 0.1) is 12.8 Å². The molecule has 162 valence electrons. The number of carbonyl (C=O) groups is 1. The van der Waals surface area contributed by atoms with Crippen molar-refractivity contribution < 1.29 is 14.3 Å². The number of hydrogen-bond donors (Lipinski definition) is 1. The van der Waals surface area contributed by atoms with E-state index in [-0.39, 0.29) is 11.7 Å². The first-order chi connectivity index (χ1) is 15.6. The molecule has 1 N–H and O–H groups in total. The molecule has 7 nitrogen and oxygen atoms in total. The van der Waals surface area contributed by atoms with E-state index < -0.39 is 0 Å². The summed E-state index contributed by atoms with van der Waals surface area (Å²) in [6, 6.07) is 21.6. The number of amidine groups is 1. The van der Waals surface area contributed by atoms with Gasteiger partial charge >= 0.3 is 0 Å². The van der Waals surface area contributed by atoms with Gasteiger partial charge in [-0.3, -0.25) is 4.79 Å². The Morgan fingerprint density at radius 1 is 1.00 bits per heavy atom. The zero-order valence-electron chi connectivity index (χ0n) is 18.0. The lowest BCUT2D eigenvalue weighted by Crippen LogP contribution is -2.19. The van der Waals surface area contributed by atoms with E-state index in [1.54, 1.807) is 55.7 Å². The number of amides is 1. The van der Waals surface area contributed by atoms with Crippen LogP contribution in [-0.2, 0) is 0 Å². The number of benzene rings is 3. The Hall–Kier alpha value is -4.26. The summed E-state index contributed by atoms with van der Waals surface area (Å²) in [5.74, 6) is 0.909. The minimum absolute atomic E-state index is 0.212. The van der Waals surface area contributed by atoms with Crippen molar-refractivity contribution in [3.8, 4) is 11.5 Å². The van der Waals surface area contributed by atoms with Crippen molar-refractivity contribution in [2.45, 2.75) is 6.92 Å². The third-order valence-corrected chi connectivity index (χ3v) is 4.37. The largest absolute Gasteiger partial charge is 0.493 e. The van der Waals surface area contributed by atoms with E-state index in [2.05, 4.69) is 27.3 Å². The van der Waals surface area contributed by atoms with Crippen molar-refractivity contribution in [2.24, 2.45) is 15.3 Å². The lowest BCUT2D eigenvalue weighted by molar-refractivity contribution is 0.0955. The first-order valence-corrected chi connectivity index (χ1v) is 9.94. The van der Waals surface area contributed by atoms with E-state index >= 15 is 0 Å². The molecule has 3 aromatic carbocycles. The van der Waals surface area contributed by atoms with Crippen LogP contribution in [0.5, 0.6) is 11.5 Å². The summed E-state index contributed by atoms with van der Waals surface area (Å²) in [6.07, 6.45) is 1.65. The second-order valence-electron chi connectivity index (χ2n) is 6.74. The third-order valence-electron chi connectivity index (χ3n) is 4.37. The van der Waals surface area contributed by atoms with Gasteiger partial charge in [0, 0.05) is 11.1 Å². The monoisotopic (exact) mass is 428 g/mol. The van der Waals surface area contributed by atoms with Gasteiger partial charge in [-0.05, 0) is 49.4 Å². The minimum Gasteiger partial charge on any atom is -0.493 e. The molecule has 0 aliphatic heterocycles. The highest BCUT2D eigenvalue weighted by Crippen LogP contribution is 2.28. The lowest BCUT2D eigenvalue weighted by Gasteiger charge is -2.11. The molecule has 0 unspecified atom stereocenters. The SMILES string of the molecule is C=CCOc1ccc(/C(N=Nc2ccc(C)cc2)=N/NC(=O)c2ccccc2)cc1OC. The number of nitrogens with zero attached hydrogens (tertiary/aromatic N) is 3. The number of azo groups is 1. The molecule has 0 fully saturated rings. The Labute approximate surface area is 187 Å². The molecule has 0 bridgehead atoms. The highest BCUT2D eigenvalue weighted by Gasteiger charge is 2.11. The van der Waals surface area contributed by atoms with Crippen LogP contribution in [-0.4, -0.2) is 25.5 Å². The topological polar surface area (TPSA) is 84.6 Å². The average molecular weight is 428 g/mol. The van der Waals surface area contributed by atoms with Crippen LogP contribution < -0.4 is 14.9 Å². The van der Waals surface area contributed by atoms with Crippen LogP contribution in [0.25, 0.3) is 0 Å². The number of methoxy groups -OCH3 is 1. The normalized spacial score (nSPS) is 11.2. The quantitative estimate of drug-likeness (QED) is 0.170. The molecule has 32 heavy (non-hydrogen) atoms. The highest BCUT2D eigenvalue weighted by atomic mass is 16.5. The number of ether oxygens (including phenoxy) is 2. The standard InChI is InChI=1S/C25H24N4O3/c1-4-16-32-22-15-12-20(17-23(22)31-3)24(27-26-21-13-10-18(2)11-14-21)28-29-25(30)19-8-6-5-7-9-19/h4-15,17H,1,16H2,2-3H3,(H,29,30)/b27-26?,28-24-. The maximum Gasteiger partial charge on any atom is 0.271 e. The predicted octanol–water partition coefficient (Wildman–Crippen LogP) is 5.44. The van der Waals surface area contributed by atoms with Gasteiger partial charge in [-0.15, -0.1) is 15.3 Å². The molecule has 0 heterocycles. The van der Waals surface area contributed by atoms with Gasteiger partial charge in [-0.25, -0.2) is 5.43 Å². The molecule has 3 aromatic rings. The van der Waals surface area contributed by atoms with E-state index in [1.807, 2.05) is 37.3 Å². The fraction of sp³-hybridized carbons (Fsp3) is 0.120. The number of aryl methyl sites for hydroxylation is 1. The number of carbonyl (C=O) groups excluding carboxylic acids is 1. The second-order valence-corrected chi connectivity index (χ2v) is 6.74. The number of rotatable bonds is 8. The van der Waals surface area contributed by atoms with E-state index in [9.17, 15) is 4.79 Å². The molecule has 0 spiro atoms. The molecule has 1 amide bonds. The molecule has 0 aliphatic carbocycles. The van der Waals surface area contributed by atoms with Crippen molar-refractivity contribution in [1.82, 2.24) is 5.43 Å². The first-order valence-electron chi connectivity index (χ1n) is 9.94. The van der Waals surface area contributed by atoms with Gasteiger partial charge in [-0.1, -0.05) is 48.6 Å². The van der Waals surface area contributed by atoms with Crippen LogP contribution in [0.3, 0.4) is 0 Å². The molecule has 7 heteroatoms. The summed E-state index contributed by atoms with van der Waals surface area (Å²) in [5, 5.41) is 12.7. The number of hydrogen-bond acceptors (Lipinski definition) is 5. The van der Waals surface area contributed by atoms with E-state index in [1.165, 1.54) is 0 Å². The summed E-state index contributed by atoms with van der Waals surface area (Å²) in [5.41, 5.74) is 5.40. The molecule has 0 saturated heterocycles. The van der Waals surface area contributed by atoms with Crippen LogP contribution in [0.4, 0.5) is 5.69 Å². The zero-order chi connectivity index (χ0) is 22.8. The summed E-state index contributed by atoms with van der Waals surface area (Å²) < 4.78 is 11.0. The average Bonchev–Trinajstić information content (AvgIpc) is 2.84. The van der Waals surface area contributed by atoms with Crippen LogP contribution >= 0.6 is 0 Å². The minimum atomic E-state index is -0.355. The maximum absolute atomic E-state index is 12.4. The fourth-order valence-corrected chi connectivity index (χ4v) is 2.69. The predicted molar refractivity (Wildman–Crippen MR) is 125 cm³/mol. The first kappa shape index (κ1) is 22.4. The van der Waals surface area contributed by atoms with Crippen LogP contribution in [0.15, 0.2) is 101 Å². The van der Waals surface area contributed by atoms with Gasteiger partial charge in [0.1, 0.15) is 6.61 Å². The number of hydrazone groups is 1. The smallest absolute Gasteiger partial charge is 0.271 e. The molecule has 3 rings (SSSR count). The Morgan fingerprint density at radius 3 is 2.44 bits per heavy atom. The van der Waals surface area contributed by atoms with Crippen molar-refractivity contribution >= 4 is 17.4 Å². The van der Waals surface area contributed by atoms with Crippen LogP contribution in [0.2, 0.25) is 0 Å². The summed E-state index contributed by atoms with van der Waals surface area (Å²) in [7, 11) is 1.54. The molecule has 0 aliphatic rings. The molecule has 0 radical (unpaired) electrons. The molecule has 0 atom stereocenters. The Balaban J connectivity index is 1.93.